The van der Waals surface area contributed by atoms with Crippen molar-refractivity contribution in [1.29, 1.82) is 0 Å². The third-order valence-electron chi connectivity index (χ3n) is 2.36. The van der Waals surface area contributed by atoms with Crippen LogP contribution in [0.1, 0.15) is 6.42 Å². The third-order valence-corrected chi connectivity index (χ3v) is 2.36. The monoisotopic (exact) mass is 360 g/mol. The molecule has 0 aliphatic rings. The summed E-state index contributed by atoms with van der Waals surface area (Å²) in [5.41, 5.74) is 0. The van der Waals surface area contributed by atoms with Crippen LogP contribution in [-0.2, 0) is 14.3 Å². The highest BCUT2D eigenvalue weighted by Gasteiger charge is 2.75. The van der Waals surface area contributed by atoms with Crippen LogP contribution in [0.4, 0.5) is 35.1 Å². The van der Waals surface area contributed by atoms with Crippen LogP contribution in [0.3, 0.4) is 0 Å². The van der Waals surface area contributed by atoms with Gasteiger partial charge in [-0.2, -0.15) is 26.3 Å². The van der Waals surface area contributed by atoms with Crippen LogP contribution in [0.15, 0.2) is 12.7 Å². The fourth-order valence-electron chi connectivity index (χ4n) is 1.10. The molecule has 0 aromatic heterocycles. The molecule has 0 rings (SSSR count). The predicted molar refractivity (Wildman–Crippen MR) is 58.6 cm³/mol. The van der Waals surface area contributed by atoms with Gasteiger partial charge in [-0.3, -0.25) is 0 Å². The van der Waals surface area contributed by atoms with E-state index in [-0.39, 0.29) is 0 Å². The maximum absolute atomic E-state index is 13.0. The van der Waals surface area contributed by atoms with Crippen molar-refractivity contribution < 1.29 is 54.5 Å². The zero-order valence-corrected chi connectivity index (χ0v) is 11.3. The minimum atomic E-state index is -6.36. The molecule has 1 N–H and O–H groups in total. The van der Waals surface area contributed by atoms with Gasteiger partial charge >= 0.3 is 30.2 Å². The molecule has 12 heteroatoms. The molecule has 0 fully saturated rings. The van der Waals surface area contributed by atoms with Gasteiger partial charge in [-0.05, 0) is 0 Å². The van der Waals surface area contributed by atoms with Crippen LogP contribution >= 0.6 is 0 Å². The van der Waals surface area contributed by atoms with Crippen LogP contribution in [0, 0.1) is 0 Å². The molecule has 136 valence electrons. The molecular weight excluding hydrogens is 348 g/mol. The second-order valence-corrected chi connectivity index (χ2v) is 4.14. The van der Waals surface area contributed by atoms with E-state index in [0.29, 0.717) is 6.08 Å². The number of esters is 1. The number of aliphatic hydroxyl groups is 1. The van der Waals surface area contributed by atoms with Gasteiger partial charge in [-0.15, -0.1) is 0 Å². The molecule has 0 saturated heterocycles. The van der Waals surface area contributed by atoms with Crippen LogP contribution in [-0.4, -0.2) is 54.8 Å². The lowest BCUT2D eigenvalue weighted by Crippen LogP contribution is -2.59. The summed E-state index contributed by atoms with van der Waals surface area (Å²) in [5, 5.41) is 9.02. The minimum Gasteiger partial charge on any atom is -0.433 e. The molecule has 0 amide bonds. The van der Waals surface area contributed by atoms with E-state index in [4.69, 9.17) is 5.11 Å². The highest BCUT2D eigenvalue weighted by Crippen LogP contribution is 2.48. The normalized spacial score (nSPS) is 14.7. The smallest absolute Gasteiger partial charge is 0.380 e. The summed E-state index contributed by atoms with van der Waals surface area (Å²) in [5.74, 6) is -19.3. The zero-order valence-electron chi connectivity index (χ0n) is 11.3. The Morgan fingerprint density at radius 3 is 2.13 bits per heavy atom. The van der Waals surface area contributed by atoms with Crippen LogP contribution in [0.2, 0.25) is 0 Å². The third kappa shape index (κ3) is 5.30. The molecule has 0 spiro atoms. The average molecular weight is 360 g/mol. The molecule has 0 aromatic carbocycles. The van der Waals surface area contributed by atoms with Crippen molar-refractivity contribution in [2.24, 2.45) is 0 Å². The van der Waals surface area contributed by atoms with E-state index in [1.165, 1.54) is 0 Å². The highest BCUT2D eigenvalue weighted by molar-refractivity contribution is 5.81. The Kier molecular flexibility index (Phi) is 7.41. The maximum Gasteiger partial charge on any atom is 0.380 e. The summed E-state index contributed by atoms with van der Waals surface area (Å²) in [6, 6.07) is 0. The van der Waals surface area contributed by atoms with Gasteiger partial charge in [-0.1, -0.05) is 6.58 Å². The lowest BCUT2D eigenvalue weighted by atomic mass is 10.1. The molecule has 1 atom stereocenters. The number of ether oxygens (including phenoxy) is 2. The molecule has 0 aliphatic heterocycles. The Labute approximate surface area is 124 Å². The van der Waals surface area contributed by atoms with Crippen molar-refractivity contribution in [3.05, 3.63) is 12.7 Å². The maximum atomic E-state index is 13.0. The molecule has 0 aromatic rings. The van der Waals surface area contributed by atoms with E-state index in [1.54, 1.807) is 0 Å². The number of hydrogen-bond acceptors (Lipinski definition) is 4. The highest BCUT2D eigenvalue weighted by atomic mass is 19.4. The van der Waals surface area contributed by atoms with Crippen LogP contribution in [0.25, 0.3) is 0 Å². The standard InChI is InChI=1S/C11H12F8O4/c1-2-6(20)23-7(21)3-4-22-5-9(14,15)11(18,19)10(16,17)8(12)13/h2,7-8,21H,1,3-5H2. The largest absolute Gasteiger partial charge is 0.433 e. The van der Waals surface area contributed by atoms with Gasteiger partial charge in [0.25, 0.3) is 0 Å². The van der Waals surface area contributed by atoms with Gasteiger partial charge in [0.1, 0.15) is 6.61 Å². The quantitative estimate of drug-likeness (QED) is 0.214. The number of halogens is 8. The molecule has 1 unspecified atom stereocenters. The second-order valence-electron chi connectivity index (χ2n) is 4.14. The van der Waals surface area contributed by atoms with Gasteiger partial charge in [0.15, 0.2) is 0 Å². The summed E-state index contributed by atoms with van der Waals surface area (Å²) in [6.45, 7) is -0.245. The summed E-state index contributed by atoms with van der Waals surface area (Å²) >= 11 is 0. The van der Waals surface area contributed by atoms with Crippen molar-refractivity contribution >= 4 is 5.97 Å². The van der Waals surface area contributed by atoms with E-state index in [0.717, 1.165) is 0 Å². The van der Waals surface area contributed by atoms with E-state index in [9.17, 15) is 39.9 Å². The minimum absolute atomic E-state index is 0.658. The van der Waals surface area contributed by atoms with Gasteiger partial charge in [-0.25, -0.2) is 13.6 Å². The number of aliphatic hydroxyl groups excluding tert-OH is 1. The van der Waals surface area contributed by atoms with Gasteiger partial charge < -0.3 is 14.6 Å². The second kappa shape index (κ2) is 7.90. The van der Waals surface area contributed by atoms with E-state index in [1.807, 2.05) is 0 Å². The molecule has 23 heavy (non-hydrogen) atoms. The zero-order chi connectivity index (χ0) is 18.5. The van der Waals surface area contributed by atoms with Gasteiger partial charge in [0.05, 0.1) is 6.61 Å². The number of hydrogen-bond donors (Lipinski definition) is 1. The van der Waals surface area contributed by atoms with Gasteiger partial charge in [0, 0.05) is 12.5 Å². The first-order valence-corrected chi connectivity index (χ1v) is 5.80. The Morgan fingerprint density at radius 2 is 1.70 bits per heavy atom. The molecule has 0 heterocycles. The summed E-state index contributed by atoms with van der Waals surface area (Å²) in [6.07, 6.45) is -6.86. The average Bonchev–Trinajstić information content (AvgIpc) is 2.42. The van der Waals surface area contributed by atoms with E-state index < -0.39 is 56.1 Å². The van der Waals surface area contributed by atoms with Crippen molar-refractivity contribution in [3.63, 3.8) is 0 Å². The predicted octanol–water partition coefficient (Wildman–Crippen LogP) is 2.61. The molecule has 0 aliphatic carbocycles. The summed E-state index contributed by atoms with van der Waals surface area (Å²) in [4.78, 5) is 10.6. The van der Waals surface area contributed by atoms with E-state index >= 15 is 0 Å². The topological polar surface area (TPSA) is 55.8 Å². The Hall–Kier alpha value is -1.43. The van der Waals surface area contributed by atoms with Crippen molar-refractivity contribution in [1.82, 2.24) is 0 Å². The molecular formula is C11H12F8O4. The fourth-order valence-corrected chi connectivity index (χ4v) is 1.10. The number of carbonyl (C=O) groups is 1. The van der Waals surface area contributed by atoms with Crippen molar-refractivity contribution in [2.75, 3.05) is 13.2 Å². The molecule has 0 saturated carbocycles. The SMILES string of the molecule is C=CC(=O)OC(O)CCOCC(F)(F)C(F)(F)C(F)(F)C(F)F. The molecule has 0 bridgehead atoms. The van der Waals surface area contributed by atoms with Crippen LogP contribution < -0.4 is 0 Å². The first-order chi connectivity index (χ1) is 10.3. The van der Waals surface area contributed by atoms with Gasteiger partial charge in [0.2, 0.25) is 6.29 Å². The fraction of sp³-hybridized carbons (Fsp3) is 0.727. The molecule has 0 radical (unpaired) electrons. The van der Waals surface area contributed by atoms with Crippen LogP contribution in [0.5, 0.6) is 0 Å². The number of rotatable bonds is 10. The Balaban J connectivity index is 4.53. The number of carbonyl (C=O) groups excluding carboxylic acids is 1. The summed E-state index contributed by atoms with van der Waals surface area (Å²) in [7, 11) is 0. The number of alkyl halides is 8. The first kappa shape index (κ1) is 21.6. The van der Waals surface area contributed by atoms with Crippen molar-refractivity contribution in [3.8, 4) is 0 Å². The summed E-state index contributed by atoms with van der Waals surface area (Å²) < 4.78 is 108. The lowest BCUT2D eigenvalue weighted by molar-refractivity contribution is -0.346. The Bertz CT molecular complexity index is 413. The molecule has 4 nitrogen and oxygen atoms in total. The first-order valence-electron chi connectivity index (χ1n) is 5.80. The van der Waals surface area contributed by atoms with Crippen molar-refractivity contribution in [2.45, 2.75) is 36.9 Å². The Morgan fingerprint density at radius 1 is 1.17 bits per heavy atom. The van der Waals surface area contributed by atoms with E-state index in [2.05, 4.69) is 16.1 Å². The lowest BCUT2D eigenvalue weighted by Gasteiger charge is -2.32.